The molecule has 3 aliphatic heterocycles. The number of hydrogen-bond donors (Lipinski definition) is 0. The summed E-state index contributed by atoms with van der Waals surface area (Å²) in [5.74, 6) is 0. The fraction of sp³-hybridized carbons (Fsp3) is 0.190. The fourth-order valence-corrected chi connectivity index (χ4v) is 3.48. The Morgan fingerprint density at radius 3 is 1.63 bits per heavy atom. The Morgan fingerprint density at radius 1 is 0.667 bits per heavy atom. The molecule has 0 fully saturated rings. The van der Waals surface area contributed by atoms with E-state index in [0.717, 1.165) is 37.6 Å². The first-order valence-corrected chi connectivity index (χ1v) is 8.85. The number of nitrogens with zero attached hydrogens (tertiary/aromatic N) is 5. The summed E-state index contributed by atoms with van der Waals surface area (Å²) in [6, 6.07) is 16.2. The summed E-state index contributed by atoms with van der Waals surface area (Å²) in [6.45, 7) is 7.45. The second-order valence-corrected chi connectivity index (χ2v) is 6.84. The molecule has 0 N–H and O–H groups in total. The quantitative estimate of drug-likeness (QED) is 0.482. The minimum Gasteiger partial charge on any atom is -0.506 e. The van der Waals surface area contributed by atoms with Crippen molar-refractivity contribution >= 4 is 0 Å². The van der Waals surface area contributed by atoms with Crippen LogP contribution in [0.2, 0.25) is 0 Å². The van der Waals surface area contributed by atoms with Crippen LogP contribution in [-0.4, -0.2) is 24.6 Å². The van der Waals surface area contributed by atoms with E-state index in [1.807, 2.05) is 0 Å². The maximum atomic E-state index is 4.82. The van der Waals surface area contributed by atoms with Crippen molar-refractivity contribution in [1.29, 1.82) is 0 Å². The molecule has 6 heteroatoms. The Morgan fingerprint density at radius 2 is 1.11 bits per heavy atom. The molecule has 0 spiro atoms. The first-order valence-electron chi connectivity index (χ1n) is 8.85. The second kappa shape index (κ2) is 7.77. The van der Waals surface area contributed by atoms with Gasteiger partial charge in [-0.1, -0.05) is 6.07 Å². The van der Waals surface area contributed by atoms with Gasteiger partial charge in [0.1, 0.15) is 0 Å². The zero-order valence-electron chi connectivity index (χ0n) is 14.8. The minimum absolute atomic E-state index is 0. The van der Waals surface area contributed by atoms with Crippen molar-refractivity contribution in [3.05, 3.63) is 103 Å². The van der Waals surface area contributed by atoms with Crippen molar-refractivity contribution in [3.63, 3.8) is 0 Å². The van der Waals surface area contributed by atoms with E-state index in [9.17, 15) is 0 Å². The molecule has 4 heterocycles. The molecule has 8 bridgehead atoms. The number of fused-ring (bicyclic) bond motifs is 8. The molecule has 0 saturated heterocycles. The molecular weight excluding hydrogens is 517 g/mol. The Labute approximate surface area is 174 Å². The van der Waals surface area contributed by atoms with Crippen LogP contribution in [-0.2, 0) is 47.2 Å². The van der Waals surface area contributed by atoms with Crippen LogP contribution in [0.5, 0.6) is 0 Å². The number of rotatable bonds is 0. The monoisotopic (exact) mass is 537 g/mol. The van der Waals surface area contributed by atoms with Gasteiger partial charge < -0.3 is 19.6 Å². The summed E-state index contributed by atoms with van der Waals surface area (Å²) in [5.41, 5.74) is 4.53. The molecule has 142 valence electrons. The predicted molar refractivity (Wildman–Crippen MR) is 98.6 cm³/mol. The molecule has 0 radical (unpaired) electrons. The van der Waals surface area contributed by atoms with Gasteiger partial charge in [-0.3, -0.25) is 4.98 Å². The molecule has 0 atom stereocenters. The summed E-state index contributed by atoms with van der Waals surface area (Å²) in [6.07, 6.45) is 8.42. The van der Waals surface area contributed by atoms with Crippen LogP contribution in [0.3, 0.4) is 0 Å². The smallest absolute Gasteiger partial charge is 0.0576 e. The third kappa shape index (κ3) is 4.19. The molecular formula is C21H20N5Pt-3. The largest absolute Gasteiger partial charge is 0.506 e. The molecule has 3 aliphatic rings. The molecule has 27 heavy (non-hydrogen) atoms. The van der Waals surface area contributed by atoms with Crippen molar-refractivity contribution in [2.24, 2.45) is 0 Å². The second-order valence-electron chi connectivity index (χ2n) is 6.84. The zero-order chi connectivity index (χ0) is 17.3. The first-order chi connectivity index (χ1) is 12.8. The number of benzene rings is 1. The van der Waals surface area contributed by atoms with E-state index in [1.165, 1.54) is 11.1 Å². The molecule has 1 aromatic carbocycles. The molecule has 0 aliphatic carbocycles. The topological polar surface area (TPSA) is 25.9 Å². The van der Waals surface area contributed by atoms with Crippen molar-refractivity contribution < 1.29 is 21.1 Å². The van der Waals surface area contributed by atoms with Gasteiger partial charge in [0.25, 0.3) is 0 Å². The summed E-state index contributed by atoms with van der Waals surface area (Å²) >= 11 is 0. The first kappa shape index (κ1) is 18.1. The Bertz CT molecular complexity index is 735. The third-order valence-corrected chi connectivity index (χ3v) is 4.67. The molecule has 0 unspecified atom stereocenters. The van der Waals surface area contributed by atoms with Crippen LogP contribution >= 0.6 is 0 Å². The number of pyridine rings is 1. The molecule has 5 nitrogen and oxygen atoms in total. The van der Waals surface area contributed by atoms with Crippen molar-refractivity contribution in [1.82, 2.24) is 24.6 Å². The van der Waals surface area contributed by atoms with E-state index in [2.05, 4.69) is 100 Å². The van der Waals surface area contributed by atoms with E-state index in [1.54, 1.807) is 0 Å². The van der Waals surface area contributed by atoms with Gasteiger partial charge in [-0.25, -0.2) is 0 Å². The van der Waals surface area contributed by atoms with Gasteiger partial charge in [0.15, 0.2) is 0 Å². The van der Waals surface area contributed by atoms with Crippen LogP contribution in [0.1, 0.15) is 22.5 Å². The average molecular weight is 538 g/mol. The fourth-order valence-electron chi connectivity index (χ4n) is 3.48. The number of aromatic nitrogens is 1. The normalized spacial score (nSPS) is 18.1. The average Bonchev–Trinajstić information content (AvgIpc) is 3.24. The summed E-state index contributed by atoms with van der Waals surface area (Å²) in [5, 5.41) is 0. The SMILES string of the molecule is [Pt].[c-]1c2cccc1CN1C=CN([CH-]1)Cc1cccc(n1)CN1C=CN([CH-]1)C2. The molecule has 5 rings (SSSR count). The van der Waals surface area contributed by atoms with E-state index in [0.29, 0.717) is 0 Å². The maximum absolute atomic E-state index is 4.82. The van der Waals surface area contributed by atoms with Crippen LogP contribution < -0.4 is 0 Å². The van der Waals surface area contributed by atoms with Gasteiger partial charge >= 0.3 is 0 Å². The van der Waals surface area contributed by atoms with Gasteiger partial charge in [-0.15, -0.1) is 11.1 Å². The van der Waals surface area contributed by atoms with E-state index >= 15 is 0 Å². The Kier molecular flexibility index (Phi) is 5.22. The molecule has 2 aromatic rings. The maximum Gasteiger partial charge on any atom is 0.0576 e. The molecule has 0 saturated carbocycles. The summed E-state index contributed by atoms with van der Waals surface area (Å²) in [7, 11) is 0. The summed E-state index contributed by atoms with van der Waals surface area (Å²) < 4.78 is 0. The van der Waals surface area contributed by atoms with E-state index in [4.69, 9.17) is 4.98 Å². The van der Waals surface area contributed by atoms with Crippen molar-refractivity contribution in [2.45, 2.75) is 26.2 Å². The van der Waals surface area contributed by atoms with E-state index in [-0.39, 0.29) is 21.1 Å². The predicted octanol–water partition coefficient (Wildman–Crippen LogP) is 3.01. The zero-order valence-corrected chi connectivity index (χ0v) is 17.1. The van der Waals surface area contributed by atoms with Gasteiger partial charge in [0, 0.05) is 34.2 Å². The van der Waals surface area contributed by atoms with Crippen molar-refractivity contribution in [3.8, 4) is 0 Å². The van der Waals surface area contributed by atoms with Crippen molar-refractivity contribution in [2.75, 3.05) is 0 Å². The van der Waals surface area contributed by atoms with Crippen LogP contribution in [0.15, 0.2) is 61.2 Å². The van der Waals surface area contributed by atoms with Crippen LogP contribution in [0.25, 0.3) is 0 Å². The summed E-state index contributed by atoms with van der Waals surface area (Å²) in [4.78, 5) is 13.5. The van der Waals surface area contributed by atoms with Gasteiger partial charge in [0.05, 0.1) is 11.4 Å². The number of hydrogen-bond acceptors (Lipinski definition) is 5. The Hall–Kier alpha value is -2.26. The van der Waals surface area contributed by atoms with Gasteiger partial charge in [0.2, 0.25) is 0 Å². The molecule has 0 amide bonds. The standard InChI is InChI=1S/C21H20N5.Pt/c1-3-18-11-19(4-1)13-24-8-10-26(17-24)15-21-6-2-5-20(22-21)14-25-9-7-23(12-18)16-25;/h1-10,16-17H,12-15H2;/q-3;. The minimum atomic E-state index is 0. The molecule has 1 aromatic heterocycles. The van der Waals surface area contributed by atoms with Gasteiger partial charge in [-0.05, 0) is 50.0 Å². The van der Waals surface area contributed by atoms with Gasteiger partial charge in [-0.2, -0.15) is 37.6 Å². The van der Waals surface area contributed by atoms with E-state index < -0.39 is 0 Å². The van der Waals surface area contributed by atoms with Crippen LogP contribution in [0, 0.1) is 19.4 Å². The Balaban J connectivity index is 0.00000180. The van der Waals surface area contributed by atoms with Crippen LogP contribution in [0.4, 0.5) is 0 Å². The third-order valence-electron chi connectivity index (χ3n) is 4.67.